The molecule has 1 aromatic carbocycles. The Kier molecular flexibility index (Phi) is 4.86. The van der Waals surface area contributed by atoms with Gasteiger partial charge in [0.05, 0.1) is 5.69 Å². The minimum absolute atomic E-state index is 0.0481. The number of imidazole rings is 1. The number of ether oxygens (including phenoxy) is 1. The fourth-order valence-electron chi connectivity index (χ4n) is 2.94. The molecule has 11 heteroatoms. The van der Waals surface area contributed by atoms with Crippen molar-refractivity contribution >= 4 is 23.0 Å². The Balaban J connectivity index is 1.74. The third kappa shape index (κ3) is 3.56. The minimum atomic E-state index is -3.17. The largest absolute Gasteiger partial charge is 0.432 e. The molecule has 3 N–H and O–H groups in total. The Morgan fingerprint density at radius 2 is 1.90 bits per heavy atom. The lowest BCUT2D eigenvalue weighted by Crippen LogP contribution is -2.08. The molecule has 0 bridgehead atoms. The molecule has 0 aliphatic heterocycles. The summed E-state index contributed by atoms with van der Waals surface area (Å²) in [4.78, 5) is 12.6. The first-order chi connectivity index (χ1) is 14.3. The van der Waals surface area contributed by atoms with Crippen molar-refractivity contribution in [3.63, 3.8) is 0 Å². The second-order valence-corrected chi connectivity index (χ2v) is 6.22. The molecule has 0 amide bonds. The first-order valence-corrected chi connectivity index (χ1v) is 8.62. The monoisotopic (exact) mass is 418 g/mol. The summed E-state index contributed by atoms with van der Waals surface area (Å²) in [5.74, 6) is -3.28. The SMILES string of the molecule is Cc1nc2ccccn2c1-c1nc(N)c(F)c(Nc2ccc(OC(F)F)c(F)c2)n1. The van der Waals surface area contributed by atoms with Crippen LogP contribution in [0.4, 0.5) is 34.9 Å². The summed E-state index contributed by atoms with van der Waals surface area (Å²) >= 11 is 0. The summed E-state index contributed by atoms with van der Waals surface area (Å²) in [6.45, 7) is -1.43. The van der Waals surface area contributed by atoms with Crippen LogP contribution in [-0.2, 0) is 0 Å². The Morgan fingerprint density at radius 1 is 1.10 bits per heavy atom. The van der Waals surface area contributed by atoms with Crippen LogP contribution in [0.5, 0.6) is 5.75 Å². The van der Waals surface area contributed by atoms with Gasteiger partial charge in [-0.1, -0.05) is 6.07 Å². The van der Waals surface area contributed by atoms with E-state index < -0.39 is 29.8 Å². The molecule has 0 aliphatic carbocycles. The summed E-state index contributed by atoms with van der Waals surface area (Å²) in [6.07, 6.45) is 1.75. The third-order valence-electron chi connectivity index (χ3n) is 4.20. The Labute approximate surface area is 167 Å². The number of aromatic nitrogens is 4. The molecule has 0 spiro atoms. The molecular formula is C19H14F4N6O. The number of hydrogen-bond donors (Lipinski definition) is 2. The number of aryl methyl sites for hydroxylation is 1. The topological polar surface area (TPSA) is 90.4 Å². The molecule has 154 valence electrons. The van der Waals surface area contributed by atoms with Gasteiger partial charge in [0.15, 0.2) is 29.0 Å². The normalized spacial score (nSPS) is 11.3. The van der Waals surface area contributed by atoms with Crippen LogP contribution in [-0.4, -0.2) is 26.0 Å². The predicted molar refractivity (Wildman–Crippen MR) is 102 cm³/mol. The average molecular weight is 418 g/mol. The number of nitrogen functional groups attached to an aromatic ring is 1. The third-order valence-corrected chi connectivity index (χ3v) is 4.20. The van der Waals surface area contributed by atoms with E-state index in [1.165, 1.54) is 6.07 Å². The smallest absolute Gasteiger partial charge is 0.387 e. The lowest BCUT2D eigenvalue weighted by molar-refractivity contribution is -0.0521. The molecule has 0 unspecified atom stereocenters. The first kappa shape index (κ1) is 19.4. The van der Waals surface area contributed by atoms with E-state index in [2.05, 4.69) is 25.0 Å². The van der Waals surface area contributed by atoms with Gasteiger partial charge in [-0.2, -0.15) is 13.2 Å². The zero-order chi connectivity index (χ0) is 21.4. The van der Waals surface area contributed by atoms with Gasteiger partial charge in [0.2, 0.25) is 5.82 Å². The van der Waals surface area contributed by atoms with E-state index in [9.17, 15) is 17.6 Å². The lowest BCUT2D eigenvalue weighted by atomic mass is 10.2. The number of anilines is 3. The van der Waals surface area contributed by atoms with E-state index in [0.717, 1.165) is 12.1 Å². The number of nitrogens with two attached hydrogens (primary N) is 1. The van der Waals surface area contributed by atoms with Crippen molar-refractivity contribution in [1.82, 2.24) is 19.4 Å². The zero-order valence-electron chi connectivity index (χ0n) is 15.4. The maximum atomic E-state index is 14.5. The number of rotatable bonds is 5. The zero-order valence-corrected chi connectivity index (χ0v) is 15.4. The van der Waals surface area contributed by atoms with Crippen LogP contribution < -0.4 is 15.8 Å². The molecular weight excluding hydrogens is 404 g/mol. The second kappa shape index (κ2) is 7.50. The van der Waals surface area contributed by atoms with Crippen LogP contribution in [0.3, 0.4) is 0 Å². The average Bonchev–Trinajstić information content (AvgIpc) is 3.03. The highest BCUT2D eigenvalue weighted by atomic mass is 19.3. The molecule has 30 heavy (non-hydrogen) atoms. The van der Waals surface area contributed by atoms with Crippen LogP contribution in [0.15, 0.2) is 42.6 Å². The standard InChI is InChI=1S/C19H14F4N6O/c1-9-15(29-7-3-2-4-13(29)25-9)18-27-16(24)14(21)17(28-18)26-10-5-6-12(11(20)8-10)30-19(22)23/h2-8,19H,1H3,(H3,24,26,27,28). The summed E-state index contributed by atoms with van der Waals surface area (Å²) < 4.78 is 58.8. The maximum absolute atomic E-state index is 14.5. The van der Waals surface area contributed by atoms with Gasteiger partial charge in [0.1, 0.15) is 11.3 Å². The van der Waals surface area contributed by atoms with Crippen LogP contribution in [0.2, 0.25) is 0 Å². The van der Waals surface area contributed by atoms with Crippen LogP contribution in [0.25, 0.3) is 17.2 Å². The minimum Gasteiger partial charge on any atom is -0.432 e. The van der Waals surface area contributed by atoms with Crippen LogP contribution in [0.1, 0.15) is 5.69 Å². The molecule has 0 radical (unpaired) electrons. The van der Waals surface area contributed by atoms with E-state index in [-0.39, 0.29) is 17.3 Å². The van der Waals surface area contributed by atoms with E-state index in [1.807, 2.05) is 6.07 Å². The van der Waals surface area contributed by atoms with E-state index >= 15 is 0 Å². The molecule has 3 heterocycles. The second-order valence-electron chi connectivity index (χ2n) is 6.22. The van der Waals surface area contributed by atoms with Crippen LogP contribution >= 0.6 is 0 Å². The van der Waals surface area contributed by atoms with Gasteiger partial charge in [-0.05, 0) is 31.2 Å². The molecule has 3 aromatic heterocycles. The molecule has 4 aromatic rings. The fraction of sp³-hybridized carbons (Fsp3) is 0.105. The maximum Gasteiger partial charge on any atom is 0.387 e. The first-order valence-electron chi connectivity index (χ1n) is 8.62. The lowest BCUT2D eigenvalue weighted by Gasteiger charge is -2.12. The quantitative estimate of drug-likeness (QED) is 0.470. The number of pyridine rings is 1. The Bertz CT molecular complexity index is 1240. The number of benzene rings is 1. The summed E-state index contributed by atoms with van der Waals surface area (Å²) in [7, 11) is 0. The highest BCUT2D eigenvalue weighted by molar-refractivity contribution is 5.67. The Morgan fingerprint density at radius 3 is 2.63 bits per heavy atom. The molecule has 0 fully saturated rings. The van der Waals surface area contributed by atoms with E-state index in [0.29, 0.717) is 17.0 Å². The van der Waals surface area contributed by atoms with Crippen LogP contribution in [0, 0.1) is 18.6 Å². The van der Waals surface area contributed by atoms with Gasteiger partial charge >= 0.3 is 6.61 Å². The molecule has 0 aliphatic rings. The number of alkyl halides is 2. The predicted octanol–water partition coefficient (Wildman–Crippen LogP) is 4.31. The highest BCUT2D eigenvalue weighted by Crippen LogP contribution is 2.29. The van der Waals surface area contributed by atoms with Crippen molar-refractivity contribution < 1.29 is 22.3 Å². The van der Waals surface area contributed by atoms with E-state index in [4.69, 9.17) is 5.73 Å². The van der Waals surface area contributed by atoms with E-state index in [1.54, 1.807) is 29.7 Å². The van der Waals surface area contributed by atoms with Crippen molar-refractivity contribution in [3.8, 4) is 17.3 Å². The number of nitrogens with zero attached hydrogens (tertiary/aromatic N) is 4. The van der Waals surface area contributed by atoms with Gasteiger partial charge in [-0.15, -0.1) is 0 Å². The van der Waals surface area contributed by atoms with Crippen molar-refractivity contribution in [3.05, 3.63) is 59.9 Å². The summed E-state index contributed by atoms with van der Waals surface area (Å²) in [5, 5.41) is 2.59. The molecule has 7 nitrogen and oxygen atoms in total. The number of nitrogens with one attached hydrogen (secondary N) is 1. The van der Waals surface area contributed by atoms with Gasteiger partial charge < -0.3 is 15.8 Å². The van der Waals surface area contributed by atoms with Crippen molar-refractivity contribution in [1.29, 1.82) is 0 Å². The van der Waals surface area contributed by atoms with Gasteiger partial charge in [0.25, 0.3) is 0 Å². The number of halogens is 4. The van der Waals surface area contributed by atoms with Gasteiger partial charge in [-0.25, -0.2) is 19.3 Å². The fourth-order valence-corrected chi connectivity index (χ4v) is 2.94. The van der Waals surface area contributed by atoms with Crippen molar-refractivity contribution in [2.45, 2.75) is 13.5 Å². The number of hydrogen-bond acceptors (Lipinski definition) is 6. The Hall–Kier alpha value is -3.89. The summed E-state index contributed by atoms with van der Waals surface area (Å²) in [6, 6.07) is 8.48. The number of fused-ring (bicyclic) bond motifs is 1. The van der Waals surface area contributed by atoms with Gasteiger partial charge in [0, 0.05) is 18.0 Å². The van der Waals surface area contributed by atoms with Gasteiger partial charge in [-0.3, -0.25) is 4.40 Å². The molecule has 0 saturated carbocycles. The highest BCUT2D eigenvalue weighted by Gasteiger charge is 2.19. The molecule has 4 rings (SSSR count). The van der Waals surface area contributed by atoms with Crippen molar-refractivity contribution in [2.24, 2.45) is 0 Å². The molecule has 0 atom stereocenters. The van der Waals surface area contributed by atoms with Crippen molar-refractivity contribution in [2.75, 3.05) is 11.1 Å². The molecule has 0 saturated heterocycles. The summed E-state index contributed by atoms with van der Waals surface area (Å²) in [5.41, 5.74) is 7.50.